The molecular weight excluding hydrogens is 271 g/mol. The molecule has 3 aliphatic heterocycles. The first-order valence-corrected chi connectivity index (χ1v) is 7.40. The van der Waals surface area contributed by atoms with Crippen molar-refractivity contribution >= 4 is 5.84 Å². The van der Waals surface area contributed by atoms with Crippen molar-refractivity contribution < 1.29 is 9.60 Å². The highest BCUT2D eigenvalue weighted by Crippen LogP contribution is 2.27. The molecule has 0 aromatic heterocycles. The number of piperidine rings is 3. The van der Waals surface area contributed by atoms with Gasteiger partial charge in [-0.15, -0.1) is 0 Å². The second-order valence-electron chi connectivity index (χ2n) is 5.89. The molecule has 2 bridgehead atoms. The van der Waals surface area contributed by atoms with Crippen LogP contribution in [-0.2, 0) is 6.54 Å². The minimum Gasteiger partial charge on any atom is -0.409 e. The van der Waals surface area contributed by atoms with E-state index < -0.39 is 5.82 Å². The zero-order chi connectivity index (χ0) is 14.8. The minimum absolute atomic E-state index is 0.144. The molecule has 1 aromatic rings. The van der Waals surface area contributed by atoms with Crippen LogP contribution in [0.3, 0.4) is 0 Å². The van der Waals surface area contributed by atoms with Crippen molar-refractivity contribution in [2.24, 2.45) is 16.8 Å². The van der Waals surface area contributed by atoms with Gasteiger partial charge < -0.3 is 21.2 Å². The predicted octanol–water partition coefficient (Wildman–Crippen LogP) is 1.10. The van der Waals surface area contributed by atoms with Gasteiger partial charge in [0.2, 0.25) is 0 Å². The number of nitrogens with zero attached hydrogens (tertiary/aromatic N) is 2. The number of amidine groups is 1. The fraction of sp³-hybridized carbons (Fsp3) is 0.533. The summed E-state index contributed by atoms with van der Waals surface area (Å²) in [6.07, 6.45) is 2.45. The van der Waals surface area contributed by atoms with Crippen molar-refractivity contribution in [3.8, 4) is 0 Å². The van der Waals surface area contributed by atoms with E-state index in [1.54, 1.807) is 12.1 Å². The second kappa shape index (κ2) is 5.99. The van der Waals surface area contributed by atoms with E-state index in [1.807, 2.05) is 0 Å². The number of hydrogen-bond acceptors (Lipinski definition) is 4. The Kier molecular flexibility index (Phi) is 4.07. The Morgan fingerprint density at radius 2 is 2.19 bits per heavy atom. The molecule has 1 atom stereocenters. The number of hydrogen-bond donors (Lipinski definition) is 3. The van der Waals surface area contributed by atoms with Crippen LogP contribution < -0.4 is 11.1 Å². The van der Waals surface area contributed by atoms with Gasteiger partial charge in [-0.3, -0.25) is 0 Å². The third kappa shape index (κ3) is 2.87. The summed E-state index contributed by atoms with van der Waals surface area (Å²) in [5.74, 6) is 0.0871. The zero-order valence-corrected chi connectivity index (χ0v) is 11.9. The number of oxime groups is 1. The lowest BCUT2D eigenvalue weighted by Gasteiger charge is -2.45. The summed E-state index contributed by atoms with van der Waals surface area (Å²) in [5, 5.41) is 15.0. The van der Waals surface area contributed by atoms with Crippen molar-refractivity contribution in [2.45, 2.75) is 25.4 Å². The molecule has 0 spiro atoms. The smallest absolute Gasteiger partial charge is 0.173 e. The molecule has 1 aromatic carbocycles. The summed E-state index contributed by atoms with van der Waals surface area (Å²) in [5.41, 5.74) is 6.18. The lowest BCUT2D eigenvalue weighted by atomic mass is 9.84. The SMILES string of the molecule is N/C(=N/O)c1cccc(CNC2CN3CCC2CC3)c1F. The lowest BCUT2D eigenvalue weighted by Crippen LogP contribution is -2.55. The summed E-state index contributed by atoms with van der Waals surface area (Å²) in [6.45, 7) is 3.89. The van der Waals surface area contributed by atoms with Crippen LogP contribution in [0.1, 0.15) is 24.0 Å². The molecule has 0 amide bonds. The molecule has 1 unspecified atom stereocenters. The Hall–Kier alpha value is -1.66. The van der Waals surface area contributed by atoms with Gasteiger partial charge in [0.05, 0.1) is 5.56 Å². The van der Waals surface area contributed by atoms with E-state index >= 15 is 0 Å². The maximum atomic E-state index is 14.3. The van der Waals surface area contributed by atoms with E-state index in [9.17, 15) is 4.39 Å². The van der Waals surface area contributed by atoms with Gasteiger partial charge in [0.15, 0.2) is 5.84 Å². The molecule has 6 heteroatoms. The van der Waals surface area contributed by atoms with Gasteiger partial charge in [0.1, 0.15) is 5.82 Å². The minimum atomic E-state index is -0.415. The number of benzene rings is 1. The van der Waals surface area contributed by atoms with Gasteiger partial charge in [-0.05, 0) is 37.9 Å². The normalized spacial score (nSPS) is 28.8. The third-order valence-corrected chi connectivity index (χ3v) is 4.67. The molecule has 5 nitrogen and oxygen atoms in total. The quantitative estimate of drug-likeness (QED) is 0.336. The van der Waals surface area contributed by atoms with E-state index in [4.69, 9.17) is 10.9 Å². The van der Waals surface area contributed by atoms with Crippen molar-refractivity contribution in [3.63, 3.8) is 0 Å². The highest BCUT2D eigenvalue weighted by molar-refractivity contribution is 5.97. The Morgan fingerprint density at radius 3 is 2.81 bits per heavy atom. The number of fused-ring (bicyclic) bond motifs is 3. The number of nitrogens with two attached hydrogens (primary N) is 1. The van der Waals surface area contributed by atoms with Gasteiger partial charge >= 0.3 is 0 Å². The molecule has 21 heavy (non-hydrogen) atoms. The summed E-state index contributed by atoms with van der Waals surface area (Å²) in [6, 6.07) is 5.41. The van der Waals surface area contributed by atoms with Crippen LogP contribution in [0.4, 0.5) is 4.39 Å². The topological polar surface area (TPSA) is 73.9 Å². The van der Waals surface area contributed by atoms with Gasteiger partial charge in [0, 0.05) is 24.7 Å². The first-order valence-electron chi connectivity index (χ1n) is 7.40. The monoisotopic (exact) mass is 292 g/mol. The van der Waals surface area contributed by atoms with Crippen molar-refractivity contribution in [1.29, 1.82) is 0 Å². The maximum absolute atomic E-state index is 14.3. The second-order valence-corrected chi connectivity index (χ2v) is 5.89. The molecule has 4 rings (SSSR count). The standard InChI is InChI=1S/C15H21FN4O/c16-14-11(2-1-3-12(14)15(17)19-21)8-18-13-9-20-6-4-10(13)5-7-20/h1-3,10,13,18,21H,4-9H2,(H2,17,19). The Bertz CT molecular complexity index is 540. The van der Waals surface area contributed by atoms with Crippen LogP contribution in [0.15, 0.2) is 23.4 Å². The molecule has 0 saturated carbocycles. The fourth-order valence-corrected chi connectivity index (χ4v) is 3.41. The van der Waals surface area contributed by atoms with Crippen molar-refractivity contribution in [2.75, 3.05) is 19.6 Å². The lowest BCUT2D eigenvalue weighted by molar-refractivity contribution is 0.0719. The number of rotatable bonds is 4. The Labute approximate surface area is 123 Å². The Balaban J connectivity index is 1.68. The molecule has 3 heterocycles. The van der Waals surface area contributed by atoms with E-state index in [0.29, 0.717) is 24.1 Å². The van der Waals surface area contributed by atoms with Gasteiger partial charge in [-0.25, -0.2) is 4.39 Å². The highest BCUT2D eigenvalue weighted by Gasteiger charge is 2.33. The fourth-order valence-electron chi connectivity index (χ4n) is 3.41. The highest BCUT2D eigenvalue weighted by atomic mass is 19.1. The molecule has 0 aliphatic carbocycles. The summed E-state index contributed by atoms with van der Waals surface area (Å²) in [4.78, 5) is 2.46. The summed E-state index contributed by atoms with van der Waals surface area (Å²) in [7, 11) is 0. The van der Waals surface area contributed by atoms with Crippen LogP contribution in [0, 0.1) is 11.7 Å². The molecule has 3 fully saturated rings. The molecule has 3 aliphatic rings. The molecule has 114 valence electrons. The first-order chi connectivity index (χ1) is 10.2. The average Bonchev–Trinajstić information content (AvgIpc) is 2.54. The van der Waals surface area contributed by atoms with Crippen molar-refractivity contribution in [3.05, 3.63) is 35.1 Å². The predicted molar refractivity (Wildman–Crippen MR) is 78.7 cm³/mol. The molecular formula is C15H21FN4O. The van der Waals surface area contributed by atoms with Crippen LogP contribution in [0.25, 0.3) is 0 Å². The van der Waals surface area contributed by atoms with E-state index in [0.717, 1.165) is 6.54 Å². The van der Waals surface area contributed by atoms with Crippen LogP contribution in [-0.4, -0.2) is 41.6 Å². The average molecular weight is 292 g/mol. The van der Waals surface area contributed by atoms with Gasteiger partial charge in [0.25, 0.3) is 0 Å². The van der Waals surface area contributed by atoms with Gasteiger partial charge in [-0.1, -0.05) is 17.3 Å². The first kappa shape index (κ1) is 14.3. The Morgan fingerprint density at radius 1 is 1.43 bits per heavy atom. The number of halogens is 1. The summed E-state index contributed by atoms with van der Waals surface area (Å²) < 4.78 is 14.3. The van der Waals surface area contributed by atoms with E-state index in [-0.39, 0.29) is 11.4 Å². The van der Waals surface area contributed by atoms with Crippen molar-refractivity contribution in [1.82, 2.24) is 10.2 Å². The van der Waals surface area contributed by atoms with Crippen LogP contribution >= 0.6 is 0 Å². The number of nitrogens with one attached hydrogen (secondary N) is 1. The van der Waals surface area contributed by atoms with Gasteiger partial charge in [-0.2, -0.15) is 0 Å². The maximum Gasteiger partial charge on any atom is 0.173 e. The molecule has 3 saturated heterocycles. The van der Waals surface area contributed by atoms with E-state index in [2.05, 4.69) is 15.4 Å². The van der Waals surface area contributed by atoms with E-state index in [1.165, 1.54) is 32.0 Å². The van der Waals surface area contributed by atoms with Crippen LogP contribution in [0.2, 0.25) is 0 Å². The molecule has 0 radical (unpaired) electrons. The third-order valence-electron chi connectivity index (χ3n) is 4.67. The summed E-state index contributed by atoms with van der Waals surface area (Å²) >= 11 is 0. The molecule has 4 N–H and O–H groups in total. The zero-order valence-electron chi connectivity index (χ0n) is 11.9. The van der Waals surface area contributed by atoms with Crippen LogP contribution in [0.5, 0.6) is 0 Å². The largest absolute Gasteiger partial charge is 0.409 e.